The van der Waals surface area contributed by atoms with E-state index >= 15 is 0 Å². The normalized spacial score (nSPS) is 23.4. The molecule has 0 radical (unpaired) electrons. The molecule has 0 amide bonds. The zero-order valence-electron chi connectivity index (χ0n) is 13.4. The van der Waals surface area contributed by atoms with Crippen LogP contribution in [0.2, 0.25) is 0 Å². The Kier molecular flexibility index (Phi) is 10.2. The SMILES string of the molecule is CCCNC1CCOCC1CN(CCOC)CCOC. The second kappa shape index (κ2) is 11.5. The van der Waals surface area contributed by atoms with Crippen LogP contribution < -0.4 is 5.32 Å². The monoisotopic (exact) mass is 288 g/mol. The van der Waals surface area contributed by atoms with Crippen molar-refractivity contribution in [2.45, 2.75) is 25.8 Å². The minimum absolute atomic E-state index is 0.559. The zero-order valence-corrected chi connectivity index (χ0v) is 13.4. The molecule has 1 heterocycles. The van der Waals surface area contributed by atoms with Gasteiger partial charge in [-0.05, 0) is 19.4 Å². The largest absolute Gasteiger partial charge is 0.383 e. The number of nitrogens with one attached hydrogen (secondary N) is 1. The van der Waals surface area contributed by atoms with Gasteiger partial charge in [0.25, 0.3) is 0 Å². The summed E-state index contributed by atoms with van der Waals surface area (Å²) in [5.41, 5.74) is 0. The van der Waals surface area contributed by atoms with Crippen LogP contribution in [-0.2, 0) is 14.2 Å². The van der Waals surface area contributed by atoms with E-state index in [1.807, 2.05) is 0 Å². The second-order valence-electron chi connectivity index (χ2n) is 5.47. The van der Waals surface area contributed by atoms with Crippen LogP contribution in [-0.4, -0.2) is 77.8 Å². The third kappa shape index (κ3) is 6.99. The highest BCUT2D eigenvalue weighted by Crippen LogP contribution is 2.16. The molecule has 0 spiro atoms. The van der Waals surface area contributed by atoms with Gasteiger partial charge in [0, 0.05) is 52.4 Å². The number of ether oxygens (including phenoxy) is 3. The number of hydrogen-bond acceptors (Lipinski definition) is 5. The van der Waals surface area contributed by atoms with Gasteiger partial charge in [0.2, 0.25) is 0 Å². The van der Waals surface area contributed by atoms with Gasteiger partial charge in [-0.3, -0.25) is 4.90 Å². The maximum Gasteiger partial charge on any atom is 0.0589 e. The van der Waals surface area contributed by atoms with E-state index in [4.69, 9.17) is 14.2 Å². The molecule has 5 nitrogen and oxygen atoms in total. The third-order valence-corrected chi connectivity index (χ3v) is 3.85. The summed E-state index contributed by atoms with van der Waals surface area (Å²) in [5.74, 6) is 0.559. The fraction of sp³-hybridized carbons (Fsp3) is 1.00. The molecule has 1 aliphatic rings. The van der Waals surface area contributed by atoms with Crippen molar-refractivity contribution in [1.29, 1.82) is 0 Å². The Hall–Kier alpha value is -0.200. The minimum atomic E-state index is 0.559. The van der Waals surface area contributed by atoms with Gasteiger partial charge in [-0.1, -0.05) is 6.92 Å². The average Bonchev–Trinajstić information content (AvgIpc) is 2.49. The Morgan fingerprint density at radius 1 is 1.20 bits per heavy atom. The van der Waals surface area contributed by atoms with Gasteiger partial charge in [0.15, 0.2) is 0 Å². The first-order valence-electron chi connectivity index (χ1n) is 7.83. The summed E-state index contributed by atoms with van der Waals surface area (Å²) in [6.45, 7) is 9.55. The smallest absolute Gasteiger partial charge is 0.0589 e. The van der Waals surface area contributed by atoms with E-state index in [-0.39, 0.29) is 0 Å². The molecule has 5 heteroatoms. The average molecular weight is 288 g/mol. The molecule has 1 saturated heterocycles. The van der Waals surface area contributed by atoms with E-state index in [1.165, 1.54) is 6.42 Å². The highest BCUT2D eigenvalue weighted by atomic mass is 16.5. The van der Waals surface area contributed by atoms with E-state index in [2.05, 4.69) is 17.1 Å². The maximum atomic E-state index is 5.67. The van der Waals surface area contributed by atoms with Gasteiger partial charge in [-0.15, -0.1) is 0 Å². The molecular weight excluding hydrogens is 256 g/mol. The summed E-state index contributed by atoms with van der Waals surface area (Å²) < 4.78 is 16.1. The van der Waals surface area contributed by atoms with Crippen LogP contribution in [0.25, 0.3) is 0 Å². The van der Waals surface area contributed by atoms with Crippen molar-refractivity contribution in [2.24, 2.45) is 5.92 Å². The van der Waals surface area contributed by atoms with Gasteiger partial charge in [-0.25, -0.2) is 0 Å². The molecule has 0 bridgehead atoms. The van der Waals surface area contributed by atoms with Crippen molar-refractivity contribution in [3.8, 4) is 0 Å². The molecule has 20 heavy (non-hydrogen) atoms. The van der Waals surface area contributed by atoms with Crippen molar-refractivity contribution in [1.82, 2.24) is 10.2 Å². The van der Waals surface area contributed by atoms with Crippen molar-refractivity contribution in [2.75, 3.05) is 66.8 Å². The van der Waals surface area contributed by atoms with Crippen molar-refractivity contribution >= 4 is 0 Å². The van der Waals surface area contributed by atoms with Crippen LogP contribution in [0.3, 0.4) is 0 Å². The van der Waals surface area contributed by atoms with E-state index in [0.717, 1.165) is 59.0 Å². The summed E-state index contributed by atoms with van der Waals surface area (Å²) in [5, 5.41) is 3.67. The van der Waals surface area contributed by atoms with Crippen LogP contribution in [0, 0.1) is 5.92 Å². The molecule has 1 fully saturated rings. The Morgan fingerprint density at radius 3 is 2.50 bits per heavy atom. The Morgan fingerprint density at radius 2 is 1.90 bits per heavy atom. The summed E-state index contributed by atoms with van der Waals surface area (Å²) >= 11 is 0. The lowest BCUT2D eigenvalue weighted by atomic mass is 9.95. The van der Waals surface area contributed by atoms with Crippen LogP contribution in [0.15, 0.2) is 0 Å². The molecular formula is C15H32N2O3. The molecule has 0 aromatic rings. The van der Waals surface area contributed by atoms with Crippen LogP contribution in [0.5, 0.6) is 0 Å². The molecule has 120 valence electrons. The van der Waals surface area contributed by atoms with E-state index in [9.17, 15) is 0 Å². The van der Waals surface area contributed by atoms with Crippen LogP contribution in [0.1, 0.15) is 19.8 Å². The van der Waals surface area contributed by atoms with Crippen molar-refractivity contribution in [3.63, 3.8) is 0 Å². The molecule has 0 aromatic heterocycles. The van der Waals surface area contributed by atoms with Gasteiger partial charge in [-0.2, -0.15) is 0 Å². The van der Waals surface area contributed by atoms with E-state index in [1.54, 1.807) is 14.2 Å². The molecule has 1 aliphatic heterocycles. The molecule has 2 atom stereocenters. The highest BCUT2D eigenvalue weighted by molar-refractivity contribution is 4.82. The molecule has 0 aliphatic carbocycles. The maximum absolute atomic E-state index is 5.67. The molecule has 2 unspecified atom stereocenters. The summed E-state index contributed by atoms with van der Waals surface area (Å²) in [6, 6.07) is 0.580. The molecule has 0 saturated carbocycles. The fourth-order valence-corrected chi connectivity index (χ4v) is 2.64. The Labute approximate surface area is 123 Å². The van der Waals surface area contributed by atoms with Crippen LogP contribution in [0.4, 0.5) is 0 Å². The second-order valence-corrected chi connectivity index (χ2v) is 5.47. The Bertz CT molecular complexity index is 221. The summed E-state index contributed by atoms with van der Waals surface area (Å²) in [6.07, 6.45) is 2.30. The third-order valence-electron chi connectivity index (χ3n) is 3.85. The van der Waals surface area contributed by atoms with Crippen molar-refractivity contribution < 1.29 is 14.2 Å². The first kappa shape index (κ1) is 17.9. The minimum Gasteiger partial charge on any atom is -0.383 e. The van der Waals surface area contributed by atoms with Gasteiger partial charge in [0.1, 0.15) is 0 Å². The number of rotatable bonds is 11. The lowest BCUT2D eigenvalue weighted by molar-refractivity contribution is 0.00953. The van der Waals surface area contributed by atoms with Gasteiger partial charge < -0.3 is 19.5 Å². The lowest BCUT2D eigenvalue weighted by Crippen LogP contribution is -2.48. The summed E-state index contributed by atoms with van der Waals surface area (Å²) in [4.78, 5) is 2.42. The topological polar surface area (TPSA) is 43.0 Å². The lowest BCUT2D eigenvalue weighted by Gasteiger charge is -2.36. The number of nitrogens with zero attached hydrogens (tertiary/aromatic N) is 1. The first-order chi connectivity index (χ1) is 9.81. The summed E-state index contributed by atoms with van der Waals surface area (Å²) in [7, 11) is 3.51. The van der Waals surface area contributed by atoms with Gasteiger partial charge >= 0.3 is 0 Å². The van der Waals surface area contributed by atoms with Gasteiger partial charge in [0.05, 0.1) is 19.8 Å². The van der Waals surface area contributed by atoms with Crippen molar-refractivity contribution in [3.05, 3.63) is 0 Å². The van der Waals surface area contributed by atoms with Crippen LogP contribution >= 0.6 is 0 Å². The highest BCUT2D eigenvalue weighted by Gasteiger charge is 2.26. The molecule has 0 aromatic carbocycles. The first-order valence-corrected chi connectivity index (χ1v) is 7.83. The predicted octanol–water partition coefficient (Wildman–Crippen LogP) is 0.986. The number of hydrogen-bond donors (Lipinski definition) is 1. The quantitative estimate of drug-likeness (QED) is 0.614. The predicted molar refractivity (Wildman–Crippen MR) is 81.2 cm³/mol. The molecule has 1 N–H and O–H groups in total. The van der Waals surface area contributed by atoms with E-state index < -0.39 is 0 Å². The zero-order chi connectivity index (χ0) is 14.6. The fourth-order valence-electron chi connectivity index (χ4n) is 2.64. The number of methoxy groups -OCH3 is 2. The van der Waals surface area contributed by atoms with E-state index in [0.29, 0.717) is 12.0 Å². The Balaban J connectivity index is 2.44. The standard InChI is InChI=1S/C15H32N2O3/c1-4-6-16-15-5-9-20-13-14(15)12-17(7-10-18-2)8-11-19-3/h14-16H,4-13H2,1-3H3. The molecule has 1 rings (SSSR count).